The molecule has 76 heavy (non-hydrogen) atoms. The van der Waals surface area contributed by atoms with Crippen LogP contribution in [-0.4, -0.2) is 9.55 Å². The molecule has 5 aliphatic rings. The van der Waals surface area contributed by atoms with Crippen molar-refractivity contribution < 1.29 is 21.1 Å². The van der Waals surface area contributed by atoms with Gasteiger partial charge in [0.15, 0.2) is 0 Å². The number of hydrogen-bond donors (Lipinski definition) is 0. The van der Waals surface area contributed by atoms with Crippen LogP contribution in [0, 0.1) is 42.5 Å². The molecule has 4 nitrogen and oxygen atoms in total. The number of rotatable bonds is 9. The smallest absolute Gasteiger partial charge is 0.135 e. The van der Waals surface area contributed by atoms with Gasteiger partial charge in [0.25, 0.3) is 0 Å². The normalized spacial score (nSPS) is 20.6. The topological polar surface area (TPSA) is 24.3 Å². The monoisotopic (exact) mass is 1160 g/mol. The van der Waals surface area contributed by atoms with Gasteiger partial charge in [-0.15, -0.1) is 17.7 Å². The summed E-state index contributed by atoms with van der Waals surface area (Å²) in [5, 5.41) is 5.13. The zero-order valence-electron chi connectivity index (χ0n) is 42.8. The van der Waals surface area contributed by atoms with Gasteiger partial charge in [-0.3, -0.25) is 0 Å². The molecule has 4 bridgehead atoms. The molecule has 0 saturated heterocycles. The third kappa shape index (κ3) is 7.24. The summed E-state index contributed by atoms with van der Waals surface area (Å²) in [5.74, 6) is 3.86. The van der Waals surface area contributed by atoms with Crippen LogP contribution in [0.1, 0.15) is 68.2 Å². The predicted octanol–water partition coefficient (Wildman–Crippen LogP) is 17.7. The molecular weight excluding hydrogens is 1100 g/mol. The van der Waals surface area contributed by atoms with Crippen LogP contribution in [0.3, 0.4) is 0 Å². The van der Waals surface area contributed by atoms with Crippen molar-refractivity contribution in [2.45, 2.75) is 56.8 Å². The third-order valence-corrected chi connectivity index (χ3v) is 18.2. The Hall–Kier alpha value is -7.52. The fourth-order valence-corrected chi connectivity index (χ4v) is 15.0. The van der Waals surface area contributed by atoms with Gasteiger partial charge in [-0.25, -0.2) is 4.98 Å². The Morgan fingerprint density at radius 3 is 1.84 bits per heavy atom. The minimum Gasteiger partial charge on any atom is -0.493 e. The summed E-state index contributed by atoms with van der Waals surface area (Å²) < 4.78 is 2.41. The van der Waals surface area contributed by atoms with Crippen LogP contribution in [0.4, 0.5) is 22.7 Å². The molecule has 11 aromatic rings. The largest absolute Gasteiger partial charge is 0.493 e. The van der Waals surface area contributed by atoms with Gasteiger partial charge >= 0.3 is 0 Å². The van der Waals surface area contributed by atoms with Gasteiger partial charge in [0, 0.05) is 66.4 Å². The predicted molar refractivity (Wildman–Crippen MR) is 309 cm³/mol. The Bertz CT molecular complexity index is 3910. The quantitative estimate of drug-likeness (QED) is 0.135. The molecular formula is C71H57N4Pt-3. The Labute approximate surface area is 461 Å². The number of benzene rings is 9. The zero-order chi connectivity index (χ0) is 49.8. The molecule has 0 N–H and O–H groups in total. The van der Waals surface area contributed by atoms with Crippen molar-refractivity contribution in [1.82, 2.24) is 9.55 Å². The zero-order valence-corrected chi connectivity index (χ0v) is 45.1. The van der Waals surface area contributed by atoms with E-state index < -0.39 is 5.41 Å². The van der Waals surface area contributed by atoms with Crippen LogP contribution in [0.15, 0.2) is 219 Å². The number of fused-ring (bicyclic) bond motifs is 5. The fraction of sp³-hybridized carbons (Fsp3) is 0.183. The van der Waals surface area contributed by atoms with Crippen molar-refractivity contribution in [2.24, 2.45) is 23.7 Å². The van der Waals surface area contributed by atoms with Gasteiger partial charge in [-0.1, -0.05) is 171 Å². The van der Waals surface area contributed by atoms with Gasteiger partial charge in [0.1, 0.15) is 5.82 Å². The van der Waals surface area contributed by atoms with Crippen LogP contribution < -0.4 is 9.80 Å². The van der Waals surface area contributed by atoms with Gasteiger partial charge in [0.2, 0.25) is 0 Å². The molecule has 3 heterocycles. The summed E-state index contributed by atoms with van der Waals surface area (Å²) >= 11 is 0. The second kappa shape index (κ2) is 18.4. The van der Waals surface area contributed by atoms with E-state index in [1.54, 1.807) is 0 Å². The van der Waals surface area contributed by atoms with Crippen molar-refractivity contribution in [3.63, 3.8) is 0 Å². The van der Waals surface area contributed by atoms with E-state index >= 15 is 0 Å². The van der Waals surface area contributed by atoms with E-state index in [0.29, 0.717) is 11.8 Å². The molecule has 0 radical (unpaired) electrons. The van der Waals surface area contributed by atoms with Crippen molar-refractivity contribution in [2.75, 3.05) is 9.80 Å². The molecule has 0 unspecified atom stereocenters. The average Bonchev–Trinajstić information content (AvgIpc) is 4.16. The third-order valence-electron chi connectivity index (χ3n) is 18.2. The summed E-state index contributed by atoms with van der Waals surface area (Å²) in [7, 11) is 0. The standard InChI is InChI=1S/C71H57N4.Pt/c1-70(2,52-24-16-25-57(43-52)73-46-74(66-33-14-13-32-65(66)73)69-59(50-18-5-3-6-19-50)28-17-29-60(69)51-20-7-4-8-21-51)53-34-35-62-61-27-11-12-31-64(61)75(67(62)44-53)68-45-54(36-37-72-68)71(55-39-47-38-48(41-55)42-56(71)40-47)63-30-15-23-49-22-9-10-26-58(49)63;/h3-37,45-48,55-56H,38-42H2,1-2H3;/q-3;. The van der Waals surface area contributed by atoms with Crippen LogP contribution in [0.2, 0.25) is 0 Å². The van der Waals surface area contributed by atoms with E-state index in [9.17, 15) is 0 Å². The number of para-hydroxylation sites is 4. The van der Waals surface area contributed by atoms with Crippen LogP contribution in [0.5, 0.6) is 0 Å². The molecule has 2 aromatic heterocycles. The van der Waals surface area contributed by atoms with Crippen LogP contribution >= 0.6 is 0 Å². The Morgan fingerprint density at radius 1 is 0.526 bits per heavy atom. The second-order valence-corrected chi connectivity index (χ2v) is 22.4. The van der Waals surface area contributed by atoms with Crippen molar-refractivity contribution >= 4 is 55.3 Å². The van der Waals surface area contributed by atoms with E-state index in [0.717, 1.165) is 62.6 Å². The number of anilines is 4. The van der Waals surface area contributed by atoms with E-state index in [1.165, 1.54) is 87.0 Å². The summed E-state index contributed by atoms with van der Waals surface area (Å²) in [6.07, 6.45) is 8.77. The minimum atomic E-state index is -0.459. The average molecular weight is 1160 g/mol. The molecule has 0 spiro atoms. The summed E-state index contributed by atoms with van der Waals surface area (Å²) in [4.78, 5) is 9.99. The number of aromatic nitrogens is 2. The molecule has 0 amide bonds. The number of hydrogen-bond acceptors (Lipinski definition) is 3. The minimum absolute atomic E-state index is 0. The van der Waals surface area contributed by atoms with Crippen molar-refractivity contribution in [3.8, 4) is 28.1 Å². The van der Waals surface area contributed by atoms with Crippen molar-refractivity contribution in [3.05, 3.63) is 260 Å². The first kappa shape index (κ1) is 47.0. The molecule has 5 heteroatoms. The molecule has 0 atom stereocenters. The van der Waals surface area contributed by atoms with Crippen LogP contribution in [-0.2, 0) is 31.9 Å². The van der Waals surface area contributed by atoms with Gasteiger partial charge < -0.3 is 14.4 Å². The molecule has 9 aromatic carbocycles. The van der Waals surface area contributed by atoms with Crippen molar-refractivity contribution in [1.29, 1.82) is 0 Å². The molecule has 4 aliphatic carbocycles. The molecule has 374 valence electrons. The molecule has 4 saturated carbocycles. The maximum absolute atomic E-state index is 5.30. The number of pyridine rings is 1. The van der Waals surface area contributed by atoms with Gasteiger partial charge in [-0.2, -0.15) is 53.6 Å². The fourth-order valence-electron chi connectivity index (χ4n) is 15.0. The maximum atomic E-state index is 5.30. The number of nitrogens with zero attached hydrogens (tertiary/aromatic N) is 4. The first-order valence-electron chi connectivity index (χ1n) is 27.1. The maximum Gasteiger partial charge on any atom is 0.135 e. The SMILES string of the molecule is CC(C)(c1[c-]c(N2[CH-]N(c3c(-c4ccccc4)cccc3-c3ccccc3)c3ccccc32)ccc1)c1[c-]c2c(cc1)c1ccccc1n2-c1cc(C2(c3cccc4ccccc34)C3CC4CC(C3)CC2C4)ccn1.[Pt]. The van der Waals surface area contributed by atoms with Gasteiger partial charge in [-0.05, 0) is 130 Å². The van der Waals surface area contributed by atoms with E-state index in [2.05, 4.69) is 266 Å². The molecule has 16 rings (SSSR count). The second-order valence-electron chi connectivity index (χ2n) is 22.4. The van der Waals surface area contributed by atoms with E-state index in [-0.39, 0.29) is 26.5 Å². The molecule has 4 fully saturated rings. The first-order valence-corrected chi connectivity index (χ1v) is 27.1. The van der Waals surface area contributed by atoms with Crippen LogP contribution in [0.25, 0.3) is 60.6 Å². The van der Waals surface area contributed by atoms with E-state index in [1.807, 2.05) is 0 Å². The first-order chi connectivity index (χ1) is 36.9. The molecule has 1 aliphatic heterocycles. The summed E-state index contributed by atoms with van der Waals surface area (Å²) in [6.45, 7) is 6.90. The Morgan fingerprint density at radius 2 is 1.12 bits per heavy atom. The van der Waals surface area contributed by atoms with E-state index in [4.69, 9.17) is 4.98 Å². The Balaban J connectivity index is 0.00000528. The summed E-state index contributed by atoms with van der Waals surface area (Å²) in [6, 6.07) is 86.1. The summed E-state index contributed by atoms with van der Waals surface area (Å²) in [5.41, 5.74) is 15.8. The van der Waals surface area contributed by atoms with Gasteiger partial charge in [0.05, 0.1) is 0 Å². The Kier molecular flexibility index (Phi) is 11.3.